The van der Waals surface area contributed by atoms with Crippen molar-refractivity contribution >= 4 is 22.4 Å². The summed E-state index contributed by atoms with van der Waals surface area (Å²) < 4.78 is 10.7. The molecule has 0 spiro atoms. The molecule has 3 aromatic heterocycles. The summed E-state index contributed by atoms with van der Waals surface area (Å²) >= 11 is 1.44. The van der Waals surface area contributed by atoms with Crippen molar-refractivity contribution in [1.29, 1.82) is 0 Å². The average Bonchev–Trinajstić information content (AvgIpc) is 3.40. The molecule has 1 N–H and O–H groups in total. The van der Waals surface area contributed by atoms with Crippen molar-refractivity contribution in [2.45, 2.75) is 26.7 Å². The number of ether oxygens (including phenoxy) is 1. The zero-order valence-corrected chi connectivity index (χ0v) is 18.0. The van der Waals surface area contributed by atoms with Gasteiger partial charge in [0.1, 0.15) is 5.75 Å². The van der Waals surface area contributed by atoms with Crippen LogP contribution in [0.3, 0.4) is 0 Å². The van der Waals surface area contributed by atoms with Gasteiger partial charge in [0, 0.05) is 41.2 Å². The highest BCUT2D eigenvalue weighted by atomic mass is 32.1. The molecule has 31 heavy (non-hydrogen) atoms. The summed E-state index contributed by atoms with van der Waals surface area (Å²) in [5.74, 6) is 1.52. The fraction of sp³-hybridized carbons (Fsp3) is 0.227. The van der Waals surface area contributed by atoms with Crippen LogP contribution in [0.25, 0.3) is 22.6 Å². The molecule has 3 heterocycles. The number of benzene rings is 1. The summed E-state index contributed by atoms with van der Waals surface area (Å²) in [4.78, 5) is 26.3. The van der Waals surface area contributed by atoms with E-state index in [4.69, 9.17) is 9.26 Å². The number of nitrogens with zero attached hydrogens (tertiary/aromatic N) is 4. The number of aryl methyl sites for hydroxylation is 2. The molecule has 0 unspecified atom stereocenters. The molecule has 0 atom stereocenters. The Bertz CT molecular complexity index is 1160. The van der Waals surface area contributed by atoms with Gasteiger partial charge in [-0.1, -0.05) is 5.16 Å². The highest BCUT2D eigenvalue weighted by Gasteiger charge is 2.14. The van der Waals surface area contributed by atoms with E-state index in [1.165, 1.54) is 11.3 Å². The molecule has 0 bridgehead atoms. The van der Waals surface area contributed by atoms with Crippen molar-refractivity contribution in [3.05, 3.63) is 59.6 Å². The average molecular weight is 436 g/mol. The number of pyridine rings is 1. The monoisotopic (exact) mass is 435 g/mol. The molecule has 0 saturated heterocycles. The van der Waals surface area contributed by atoms with E-state index < -0.39 is 0 Å². The highest BCUT2D eigenvalue weighted by molar-refractivity contribution is 7.16. The standard InChI is InChI=1S/C22H21N5O3S/c1-3-29-17-8-6-15(7-9-17)20-14(2)31-22(26-20)24-18(28)10-11-19-25-21(27-30-19)16-5-4-12-23-13-16/h4-9,12-13H,3,10-11H2,1-2H3,(H,24,26,28). The second-order valence-corrected chi connectivity index (χ2v) is 7.89. The van der Waals surface area contributed by atoms with Crippen LogP contribution in [-0.4, -0.2) is 32.6 Å². The van der Waals surface area contributed by atoms with Crippen LogP contribution in [0.5, 0.6) is 5.75 Å². The molecule has 0 aliphatic heterocycles. The molecule has 4 rings (SSSR count). The molecule has 0 saturated carbocycles. The third kappa shape index (κ3) is 5.13. The van der Waals surface area contributed by atoms with Gasteiger partial charge < -0.3 is 14.6 Å². The number of nitrogens with one attached hydrogen (secondary N) is 1. The Morgan fingerprint density at radius 2 is 2.00 bits per heavy atom. The SMILES string of the molecule is CCOc1ccc(-c2nc(NC(=O)CCc3nc(-c4cccnc4)no3)sc2C)cc1. The maximum absolute atomic E-state index is 12.4. The Hall–Kier alpha value is -3.59. The molecule has 1 amide bonds. The van der Waals surface area contributed by atoms with Gasteiger partial charge in [-0.25, -0.2) is 4.98 Å². The molecule has 0 radical (unpaired) electrons. The lowest BCUT2D eigenvalue weighted by atomic mass is 10.1. The predicted molar refractivity (Wildman–Crippen MR) is 118 cm³/mol. The minimum atomic E-state index is -0.159. The van der Waals surface area contributed by atoms with Crippen LogP contribution in [-0.2, 0) is 11.2 Å². The first-order valence-corrected chi connectivity index (χ1v) is 10.7. The molecule has 0 fully saturated rings. The molecule has 0 aliphatic carbocycles. The van der Waals surface area contributed by atoms with Gasteiger partial charge >= 0.3 is 0 Å². The van der Waals surface area contributed by atoms with Crippen LogP contribution < -0.4 is 10.1 Å². The summed E-state index contributed by atoms with van der Waals surface area (Å²) in [6, 6.07) is 11.4. The van der Waals surface area contributed by atoms with E-state index >= 15 is 0 Å². The van der Waals surface area contributed by atoms with Gasteiger partial charge in [0.2, 0.25) is 17.6 Å². The normalized spacial score (nSPS) is 10.8. The molecular weight excluding hydrogens is 414 g/mol. The maximum atomic E-state index is 12.4. The van der Waals surface area contributed by atoms with Gasteiger partial charge in [0.05, 0.1) is 12.3 Å². The molecule has 1 aromatic carbocycles. The quantitative estimate of drug-likeness (QED) is 0.433. The molecule has 9 heteroatoms. The number of hydrogen-bond acceptors (Lipinski definition) is 8. The Balaban J connectivity index is 1.35. The minimum absolute atomic E-state index is 0.159. The number of rotatable bonds is 8. The molecular formula is C22H21N5O3S. The third-order valence-electron chi connectivity index (χ3n) is 4.44. The zero-order chi connectivity index (χ0) is 21.6. The van der Waals surface area contributed by atoms with E-state index in [1.807, 2.05) is 44.2 Å². The van der Waals surface area contributed by atoms with Crippen molar-refractivity contribution in [1.82, 2.24) is 20.1 Å². The van der Waals surface area contributed by atoms with E-state index in [0.29, 0.717) is 29.9 Å². The van der Waals surface area contributed by atoms with Crippen LogP contribution in [0, 0.1) is 6.92 Å². The van der Waals surface area contributed by atoms with Crippen LogP contribution in [0.4, 0.5) is 5.13 Å². The number of carbonyl (C=O) groups is 1. The second kappa shape index (κ2) is 9.48. The molecule has 0 aliphatic rings. The predicted octanol–water partition coefficient (Wildman–Crippen LogP) is 4.53. The van der Waals surface area contributed by atoms with Crippen molar-refractivity contribution in [2.24, 2.45) is 0 Å². The second-order valence-electron chi connectivity index (χ2n) is 6.68. The van der Waals surface area contributed by atoms with Gasteiger partial charge in [0.25, 0.3) is 0 Å². The number of amides is 1. The minimum Gasteiger partial charge on any atom is -0.494 e. The van der Waals surface area contributed by atoms with Crippen molar-refractivity contribution < 1.29 is 14.1 Å². The largest absolute Gasteiger partial charge is 0.494 e. The van der Waals surface area contributed by atoms with Crippen LogP contribution in [0.1, 0.15) is 24.1 Å². The smallest absolute Gasteiger partial charge is 0.227 e. The fourth-order valence-corrected chi connectivity index (χ4v) is 3.82. The first kappa shape index (κ1) is 20.7. The lowest BCUT2D eigenvalue weighted by Gasteiger charge is -2.04. The summed E-state index contributed by atoms with van der Waals surface area (Å²) in [5, 5.41) is 7.36. The lowest BCUT2D eigenvalue weighted by Crippen LogP contribution is -2.12. The van der Waals surface area contributed by atoms with Gasteiger partial charge in [-0.3, -0.25) is 9.78 Å². The summed E-state index contributed by atoms with van der Waals surface area (Å²) in [5.41, 5.74) is 2.59. The third-order valence-corrected chi connectivity index (χ3v) is 5.32. The number of carbonyl (C=O) groups excluding carboxylic acids is 1. The Kier molecular flexibility index (Phi) is 6.32. The van der Waals surface area contributed by atoms with E-state index in [-0.39, 0.29) is 12.3 Å². The van der Waals surface area contributed by atoms with E-state index in [0.717, 1.165) is 27.4 Å². The van der Waals surface area contributed by atoms with Gasteiger partial charge in [-0.2, -0.15) is 4.98 Å². The topological polar surface area (TPSA) is 103 Å². The summed E-state index contributed by atoms with van der Waals surface area (Å²) in [7, 11) is 0. The van der Waals surface area contributed by atoms with Crippen LogP contribution in [0.15, 0.2) is 53.3 Å². The van der Waals surface area contributed by atoms with Crippen LogP contribution in [0.2, 0.25) is 0 Å². The number of thiazole rings is 1. The van der Waals surface area contributed by atoms with Gasteiger partial charge in [-0.05, 0) is 50.2 Å². The van der Waals surface area contributed by atoms with E-state index in [9.17, 15) is 4.79 Å². The fourth-order valence-electron chi connectivity index (χ4n) is 2.96. The highest BCUT2D eigenvalue weighted by Crippen LogP contribution is 2.31. The number of anilines is 1. The molecule has 8 nitrogen and oxygen atoms in total. The van der Waals surface area contributed by atoms with Crippen molar-refractivity contribution in [3.63, 3.8) is 0 Å². The summed E-state index contributed by atoms with van der Waals surface area (Å²) in [6.07, 6.45) is 3.89. The Labute approximate surface area is 183 Å². The Morgan fingerprint density at radius 1 is 1.16 bits per heavy atom. The number of hydrogen-bond donors (Lipinski definition) is 1. The molecule has 4 aromatic rings. The van der Waals surface area contributed by atoms with E-state index in [1.54, 1.807) is 18.5 Å². The lowest BCUT2D eigenvalue weighted by molar-refractivity contribution is -0.116. The van der Waals surface area contributed by atoms with Gasteiger partial charge in [-0.15, -0.1) is 11.3 Å². The van der Waals surface area contributed by atoms with Crippen molar-refractivity contribution in [3.8, 4) is 28.4 Å². The van der Waals surface area contributed by atoms with Crippen LogP contribution >= 0.6 is 11.3 Å². The van der Waals surface area contributed by atoms with E-state index in [2.05, 4.69) is 25.4 Å². The van der Waals surface area contributed by atoms with Gasteiger partial charge in [0.15, 0.2) is 5.13 Å². The zero-order valence-electron chi connectivity index (χ0n) is 17.2. The maximum Gasteiger partial charge on any atom is 0.227 e. The van der Waals surface area contributed by atoms with Crippen molar-refractivity contribution in [2.75, 3.05) is 11.9 Å². The summed E-state index contributed by atoms with van der Waals surface area (Å²) in [6.45, 7) is 4.56. The Morgan fingerprint density at radius 3 is 2.74 bits per heavy atom. The molecule has 158 valence electrons. The number of aromatic nitrogens is 4. The first-order chi connectivity index (χ1) is 15.1. The first-order valence-electron chi connectivity index (χ1n) is 9.86.